The maximum Gasteiger partial charge on any atom is 0.0972 e. The Kier molecular flexibility index (Phi) is 3.07. The number of aliphatic hydroxyl groups is 1. The number of aliphatic imine (C=N–C) groups is 1. The molecule has 0 aromatic heterocycles. The van der Waals surface area contributed by atoms with Crippen LogP contribution in [0.1, 0.15) is 58.8 Å². The second-order valence-corrected chi connectivity index (χ2v) is 9.65. The molecule has 3 nitrogen and oxygen atoms in total. The molecule has 7 atom stereocenters. The van der Waals surface area contributed by atoms with Crippen molar-refractivity contribution in [1.82, 2.24) is 0 Å². The molecule has 0 aromatic carbocycles. The lowest BCUT2D eigenvalue weighted by Crippen LogP contribution is -2.54. The van der Waals surface area contributed by atoms with E-state index in [1.807, 2.05) is 7.05 Å². The van der Waals surface area contributed by atoms with E-state index in [1.54, 1.807) is 0 Å². The fourth-order valence-electron chi connectivity index (χ4n) is 7.28. The second kappa shape index (κ2) is 4.73. The summed E-state index contributed by atoms with van der Waals surface area (Å²) in [5.74, 6) is 2.02. The van der Waals surface area contributed by atoms with Gasteiger partial charge in [0.15, 0.2) is 0 Å². The van der Waals surface area contributed by atoms with Crippen LogP contribution in [-0.4, -0.2) is 36.2 Å². The first-order chi connectivity index (χ1) is 11.4. The SMILES string of the molecule is C/N=C1/C=C2C[C@@H](O)CC[C@]2(C)C2CC[C@@]3(C)C(CC[C@@]34CO4)C12. The number of hydrogen-bond donors (Lipinski definition) is 1. The smallest absolute Gasteiger partial charge is 0.0972 e. The van der Waals surface area contributed by atoms with Crippen molar-refractivity contribution in [1.29, 1.82) is 0 Å². The van der Waals surface area contributed by atoms with Crippen molar-refractivity contribution >= 4 is 5.71 Å². The van der Waals surface area contributed by atoms with E-state index in [1.165, 1.54) is 37.0 Å². The van der Waals surface area contributed by atoms with Crippen LogP contribution in [0.2, 0.25) is 0 Å². The summed E-state index contributed by atoms with van der Waals surface area (Å²) < 4.78 is 6.04. The number of epoxide rings is 1. The van der Waals surface area contributed by atoms with E-state index in [0.717, 1.165) is 31.8 Å². The van der Waals surface area contributed by atoms with E-state index in [9.17, 15) is 5.11 Å². The van der Waals surface area contributed by atoms with Gasteiger partial charge in [-0.2, -0.15) is 0 Å². The summed E-state index contributed by atoms with van der Waals surface area (Å²) in [5, 5.41) is 10.2. The van der Waals surface area contributed by atoms with E-state index in [-0.39, 0.29) is 17.1 Å². The van der Waals surface area contributed by atoms with E-state index in [0.29, 0.717) is 17.3 Å². The van der Waals surface area contributed by atoms with E-state index < -0.39 is 0 Å². The van der Waals surface area contributed by atoms with Gasteiger partial charge in [0.25, 0.3) is 0 Å². The zero-order valence-corrected chi connectivity index (χ0v) is 15.3. The van der Waals surface area contributed by atoms with Crippen LogP contribution in [0.3, 0.4) is 0 Å². The summed E-state index contributed by atoms with van der Waals surface area (Å²) >= 11 is 0. The molecule has 5 rings (SSSR count). The molecule has 1 aliphatic heterocycles. The molecular weight excluding hydrogens is 298 g/mol. The summed E-state index contributed by atoms with van der Waals surface area (Å²) in [6, 6.07) is 0. The van der Waals surface area contributed by atoms with Crippen molar-refractivity contribution in [2.75, 3.05) is 13.7 Å². The van der Waals surface area contributed by atoms with Crippen LogP contribution in [0.15, 0.2) is 16.6 Å². The third-order valence-electron chi connectivity index (χ3n) is 8.98. The van der Waals surface area contributed by atoms with Crippen molar-refractivity contribution in [2.24, 2.45) is 33.6 Å². The zero-order valence-electron chi connectivity index (χ0n) is 15.3. The van der Waals surface area contributed by atoms with Gasteiger partial charge in [0, 0.05) is 24.1 Å². The van der Waals surface area contributed by atoms with Gasteiger partial charge in [-0.1, -0.05) is 19.4 Å². The Hall–Kier alpha value is -0.670. The molecular formula is C21H31NO2. The lowest BCUT2D eigenvalue weighted by atomic mass is 9.47. The molecule has 4 fully saturated rings. The lowest BCUT2D eigenvalue weighted by Gasteiger charge is -2.57. The third kappa shape index (κ3) is 1.73. The fraction of sp³-hybridized carbons (Fsp3) is 0.857. The van der Waals surface area contributed by atoms with Crippen LogP contribution in [0.25, 0.3) is 0 Å². The molecule has 0 radical (unpaired) electrons. The standard InChI is InChI=1S/C21H31NO2/c1-19-7-4-14(23)10-13(19)11-17(22-3)18-15(19)5-8-20(2)16(18)6-9-21(20)12-24-21/h11,14-16,18,23H,4-10,12H2,1-3H3/b22-17-/t14-,15?,16?,18?,19-,20-,21+/m0/s1. The lowest BCUT2D eigenvalue weighted by molar-refractivity contribution is -0.0283. The molecule has 24 heavy (non-hydrogen) atoms. The Balaban J connectivity index is 1.59. The van der Waals surface area contributed by atoms with Gasteiger partial charge in [0.2, 0.25) is 0 Å². The number of nitrogens with zero attached hydrogens (tertiary/aromatic N) is 1. The topological polar surface area (TPSA) is 45.1 Å². The molecule has 1 heterocycles. The Labute approximate surface area is 145 Å². The van der Waals surface area contributed by atoms with Crippen molar-refractivity contribution in [2.45, 2.75) is 70.5 Å². The first kappa shape index (κ1) is 15.6. The zero-order chi connectivity index (χ0) is 16.7. The number of ether oxygens (including phenoxy) is 1. The van der Waals surface area contributed by atoms with Gasteiger partial charge < -0.3 is 9.84 Å². The predicted octanol–water partition coefficient (Wildman–Crippen LogP) is 3.76. The van der Waals surface area contributed by atoms with Gasteiger partial charge in [-0.05, 0) is 68.3 Å². The maximum absolute atomic E-state index is 10.2. The number of hydrogen-bond acceptors (Lipinski definition) is 3. The summed E-state index contributed by atoms with van der Waals surface area (Å²) in [6.07, 6.45) is 10.4. The summed E-state index contributed by atoms with van der Waals surface area (Å²) in [6.45, 7) is 5.98. The molecule has 4 aliphatic carbocycles. The van der Waals surface area contributed by atoms with Gasteiger partial charge in [-0.3, -0.25) is 4.99 Å². The quantitative estimate of drug-likeness (QED) is 0.688. The highest BCUT2D eigenvalue weighted by molar-refractivity contribution is 5.99. The highest BCUT2D eigenvalue weighted by Gasteiger charge is 2.70. The van der Waals surface area contributed by atoms with Gasteiger partial charge in [-0.15, -0.1) is 0 Å². The molecule has 3 heteroatoms. The molecule has 1 spiro atoms. The van der Waals surface area contributed by atoms with Gasteiger partial charge in [-0.25, -0.2) is 0 Å². The molecule has 3 saturated carbocycles. The molecule has 0 amide bonds. The van der Waals surface area contributed by atoms with Gasteiger partial charge >= 0.3 is 0 Å². The summed E-state index contributed by atoms with van der Waals surface area (Å²) in [5.41, 5.74) is 3.62. The highest BCUT2D eigenvalue weighted by atomic mass is 16.6. The van der Waals surface area contributed by atoms with Crippen LogP contribution in [0.4, 0.5) is 0 Å². The minimum absolute atomic E-state index is 0.151. The van der Waals surface area contributed by atoms with Gasteiger partial charge in [0.1, 0.15) is 0 Å². The number of allylic oxidation sites excluding steroid dienone is 1. The molecule has 3 unspecified atom stereocenters. The third-order valence-corrected chi connectivity index (χ3v) is 8.98. The second-order valence-electron chi connectivity index (χ2n) is 9.65. The van der Waals surface area contributed by atoms with Crippen molar-refractivity contribution in [3.8, 4) is 0 Å². The average Bonchev–Trinajstić information content (AvgIpc) is 3.29. The summed E-state index contributed by atoms with van der Waals surface area (Å²) in [7, 11) is 1.97. The molecule has 5 aliphatic rings. The van der Waals surface area contributed by atoms with E-state index in [4.69, 9.17) is 9.73 Å². The van der Waals surface area contributed by atoms with Crippen LogP contribution in [0, 0.1) is 28.6 Å². The minimum atomic E-state index is -0.151. The first-order valence-electron chi connectivity index (χ1n) is 9.93. The first-order valence-corrected chi connectivity index (χ1v) is 9.93. The Morgan fingerprint density at radius 2 is 1.88 bits per heavy atom. The molecule has 0 aromatic rings. The maximum atomic E-state index is 10.2. The number of rotatable bonds is 0. The van der Waals surface area contributed by atoms with Crippen molar-refractivity contribution in [3.05, 3.63) is 11.6 Å². The monoisotopic (exact) mass is 329 g/mol. The predicted molar refractivity (Wildman–Crippen MR) is 95.1 cm³/mol. The van der Waals surface area contributed by atoms with E-state index >= 15 is 0 Å². The Morgan fingerprint density at radius 3 is 2.58 bits per heavy atom. The molecule has 132 valence electrons. The molecule has 1 N–H and O–H groups in total. The van der Waals surface area contributed by atoms with Crippen LogP contribution in [-0.2, 0) is 4.74 Å². The van der Waals surface area contributed by atoms with Crippen LogP contribution >= 0.6 is 0 Å². The van der Waals surface area contributed by atoms with Crippen molar-refractivity contribution < 1.29 is 9.84 Å². The number of fused-ring (bicyclic) bond motifs is 6. The highest BCUT2D eigenvalue weighted by Crippen LogP contribution is 2.70. The molecule has 0 bridgehead atoms. The van der Waals surface area contributed by atoms with E-state index in [2.05, 4.69) is 19.9 Å². The van der Waals surface area contributed by atoms with Crippen LogP contribution < -0.4 is 0 Å². The molecule has 1 saturated heterocycles. The van der Waals surface area contributed by atoms with Crippen LogP contribution in [0.5, 0.6) is 0 Å². The van der Waals surface area contributed by atoms with Gasteiger partial charge in [0.05, 0.1) is 18.3 Å². The summed E-state index contributed by atoms with van der Waals surface area (Å²) in [4.78, 5) is 4.76. The van der Waals surface area contributed by atoms with Crippen molar-refractivity contribution in [3.63, 3.8) is 0 Å². The fourth-order valence-corrected chi connectivity index (χ4v) is 7.28. The Morgan fingerprint density at radius 1 is 1.12 bits per heavy atom. The average molecular weight is 329 g/mol. The largest absolute Gasteiger partial charge is 0.393 e. The number of aliphatic hydroxyl groups excluding tert-OH is 1. The minimum Gasteiger partial charge on any atom is -0.393 e. The Bertz CT molecular complexity index is 634. The normalized spacial score (nSPS) is 57.3.